The first-order valence-electron chi connectivity index (χ1n) is 6.21. The van der Waals surface area contributed by atoms with Crippen molar-refractivity contribution in [2.75, 3.05) is 18.1 Å². The van der Waals surface area contributed by atoms with Crippen LogP contribution in [0.1, 0.15) is 36.5 Å². The predicted octanol–water partition coefficient (Wildman–Crippen LogP) is 2.24. The summed E-state index contributed by atoms with van der Waals surface area (Å²) in [7, 11) is 0. The summed E-state index contributed by atoms with van der Waals surface area (Å²) in [4.78, 5) is 13.4. The Morgan fingerprint density at radius 1 is 1.35 bits per heavy atom. The normalized spacial score (nSPS) is 15.4. The van der Waals surface area contributed by atoms with E-state index in [4.69, 9.17) is 5.11 Å². The van der Waals surface area contributed by atoms with Gasteiger partial charge in [-0.2, -0.15) is 0 Å². The molecule has 0 amide bonds. The first kappa shape index (κ1) is 12.1. The van der Waals surface area contributed by atoms with Crippen molar-refractivity contribution in [2.45, 2.75) is 32.2 Å². The van der Waals surface area contributed by atoms with Crippen molar-refractivity contribution in [1.29, 1.82) is 0 Å². The van der Waals surface area contributed by atoms with E-state index in [-0.39, 0.29) is 12.4 Å². The van der Waals surface area contributed by atoms with Crippen LogP contribution in [0.4, 0.5) is 5.69 Å². The first-order valence-corrected chi connectivity index (χ1v) is 6.21. The summed E-state index contributed by atoms with van der Waals surface area (Å²) in [6.45, 7) is 2.42. The lowest BCUT2D eigenvalue weighted by atomic mass is 9.91. The number of Topliss-reactive ketones (excluding diaryl/α,β-unsaturated/α-hetero) is 1. The van der Waals surface area contributed by atoms with Gasteiger partial charge in [0.1, 0.15) is 0 Å². The molecule has 1 saturated carbocycles. The third-order valence-electron chi connectivity index (χ3n) is 3.46. The summed E-state index contributed by atoms with van der Waals surface area (Å²) in [5.41, 5.74) is 1.85. The minimum absolute atomic E-state index is 0.0916. The molecule has 1 aromatic carbocycles. The first-order chi connectivity index (χ1) is 8.22. The highest BCUT2D eigenvalue weighted by atomic mass is 16.3. The fourth-order valence-electron chi connectivity index (χ4n) is 2.22. The smallest absolute Gasteiger partial charge is 0.159 e. The highest BCUT2D eigenvalue weighted by molar-refractivity contribution is 5.94. The Morgan fingerprint density at radius 3 is 2.41 bits per heavy atom. The monoisotopic (exact) mass is 233 g/mol. The van der Waals surface area contributed by atoms with Crippen molar-refractivity contribution in [3.8, 4) is 0 Å². The van der Waals surface area contributed by atoms with Gasteiger partial charge in [-0.1, -0.05) is 0 Å². The van der Waals surface area contributed by atoms with E-state index in [1.54, 1.807) is 6.92 Å². The molecule has 1 aromatic rings. The van der Waals surface area contributed by atoms with E-state index in [1.165, 1.54) is 19.3 Å². The van der Waals surface area contributed by atoms with Gasteiger partial charge in [-0.3, -0.25) is 4.79 Å². The van der Waals surface area contributed by atoms with Crippen LogP contribution in [-0.4, -0.2) is 30.1 Å². The van der Waals surface area contributed by atoms with Gasteiger partial charge in [0.05, 0.1) is 6.61 Å². The number of ketones is 1. The molecule has 0 aromatic heterocycles. The van der Waals surface area contributed by atoms with Crippen LogP contribution in [-0.2, 0) is 0 Å². The van der Waals surface area contributed by atoms with Crippen molar-refractivity contribution in [3.05, 3.63) is 29.8 Å². The van der Waals surface area contributed by atoms with Crippen molar-refractivity contribution >= 4 is 11.5 Å². The SMILES string of the molecule is CC(=O)c1ccc(N(CCO)C2CCC2)cc1. The molecule has 1 aliphatic carbocycles. The lowest BCUT2D eigenvalue weighted by molar-refractivity contribution is 0.101. The molecule has 1 fully saturated rings. The zero-order valence-corrected chi connectivity index (χ0v) is 10.2. The number of aliphatic hydroxyl groups is 1. The summed E-state index contributed by atoms with van der Waals surface area (Å²) < 4.78 is 0. The Kier molecular flexibility index (Phi) is 3.79. The van der Waals surface area contributed by atoms with Gasteiger partial charge < -0.3 is 10.0 Å². The number of hydrogen-bond acceptors (Lipinski definition) is 3. The average molecular weight is 233 g/mol. The molecule has 92 valence electrons. The standard InChI is InChI=1S/C14H19NO2/c1-11(17)12-5-7-14(8-6-12)15(9-10-16)13-3-2-4-13/h5-8,13,16H,2-4,9-10H2,1H3. The number of nitrogens with zero attached hydrogens (tertiary/aromatic N) is 1. The highest BCUT2D eigenvalue weighted by Crippen LogP contribution is 2.29. The summed E-state index contributed by atoms with van der Waals surface area (Å²) in [5.74, 6) is 0.0916. The van der Waals surface area contributed by atoms with E-state index in [0.717, 1.165) is 11.3 Å². The van der Waals surface area contributed by atoms with Gasteiger partial charge in [-0.25, -0.2) is 0 Å². The van der Waals surface area contributed by atoms with Crippen molar-refractivity contribution in [2.24, 2.45) is 0 Å². The second-order valence-electron chi connectivity index (χ2n) is 4.60. The number of carbonyl (C=O) groups excluding carboxylic acids is 1. The molecular weight excluding hydrogens is 214 g/mol. The number of aliphatic hydroxyl groups excluding tert-OH is 1. The van der Waals surface area contributed by atoms with Crippen LogP contribution >= 0.6 is 0 Å². The van der Waals surface area contributed by atoms with Gasteiger partial charge in [0, 0.05) is 23.8 Å². The topological polar surface area (TPSA) is 40.5 Å². The average Bonchev–Trinajstić information content (AvgIpc) is 2.26. The fourth-order valence-corrected chi connectivity index (χ4v) is 2.22. The maximum atomic E-state index is 11.2. The number of benzene rings is 1. The van der Waals surface area contributed by atoms with Gasteiger partial charge in [0.25, 0.3) is 0 Å². The fraction of sp³-hybridized carbons (Fsp3) is 0.500. The molecule has 0 radical (unpaired) electrons. The number of carbonyl (C=O) groups is 1. The predicted molar refractivity (Wildman–Crippen MR) is 68.5 cm³/mol. The second kappa shape index (κ2) is 5.32. The highest BCUT2D eigenvalue weighted by Gasteiger charge is 2.24. The Morgan fingerprint density at radius 2 is 2.00 bits per heavy atom. The number of anilines is 1. The lowest BCUT2D eigenvalue weighted by Gasteiger charge is -2.39. The van der Waals surface area contributed by atoms with Gasteiger partial charge in [-0.15, -0.1) is 0 Å². The Balaban J connectivity index is 2.14. The summed E-state index contributed by atoms with van der Waals surface area (Å²) in [5, 5.41) is 9.11. The van der Waals surface area contributed by atoms with E-state index in [1.807, 2.05) is 24.3 Å². The molecule has 17 heavy (non-hydrogen) atoms. The van der Waals surface area contributed by atoms with Crippen LogP contribution in [0.5, 0.6) is 0 Å². The van der Waals surface area contributed by atoms with Crippen LogP contribution in [0, 0.1) is 0 Å². The maximum Gasteiger partial charge on any atom is 0.159 e. The molecule has 2 rings (SSSR count). The van der Waals surface area contributed by atoms with Gasteiger partial charge in [-0.05, 0) is 50.5 Å². The molecule has 0 atom stereocenters. The van der Waals surface area contributed by atoms with Crippen LogP contribution in [0.3, 0.4) is 0 Å². The molecule has 0 spiro atoms. The lowest BCUT2D eigenvalue weighted by Crippen LogP contribution is -2.41. The molecule has 0 bridgehead atoms. The molecule has 3 nitrogen and oxygen atoms in total. The van der Waals surface area contributed by atoms with E-state index >= 15 is 0 Å². The molecule has 0 aliphatic heterocycles. The molecule has 3 heteroatoms. The molecular formula is C14H19NO2. The zero-order chi connectivity index (χ0) is 12.3. The van der Waals surface area contributed by atoms with Crippen molar-refractivity contribution in [1.82, 2.24) is 0 Å². The summed E-state index contributed by atoms with van der Waals surface area (Å²) >= 11 is 0. The van der Waals surface area contributed by atoms with Crippen LogP contribution in [0.15, 0.2) is 24.3 Å². The van der Waals surface area contributed by atoms with Crippen LogP contribution < -0.4 is 4.90 Å². The van der Waals surface area contributed by atoms with Gasteiger partial charge in [0.15, 0.2) is 5.78 Å². The van der Waals surface area contributed by atoms with E-state index in [0.29, 0.717) is 12.6 Å². The van der Waals surface area contributed by atoms with Gasteiger partial charge >= 0.3 is 0 Å². The summed E-state index contributed by atoms with van der Waals surface area (Å²) in [6, 6.07) is 8.24. The third-order valence-corrected chi connectivity index (χ3v) is 3.46. The van der Waals surface area contributed by atoms with Crippen molar-refractivity contribution < 1.29 is 9.90 Å². The van der Waals surface area contributed by atoms with E-state index < -0.39 is 0 Å². The quantitative estimate of drug-likeness (QED) is 0.793. The van der Waals surface area contributed by atoms with Crippen LogP contribution in [0.25, 0.3) is 0 Å². The van der Waals surface area contributed by atoms with E-state index in [2.05, 4.69) is 4.90 Å². The largest absolute Gasteiger partial charge is 0.395 e. The van der Waals surface area contributed by atoms with Gasteiger partial charge in [0.2, 0.25) is 0 Å². The second-order valence-corrected chi connectivity index (χ2v) is 4.60. The third kappa shape index (κ3) is 2.67. The van der Waals surface area contributed by atoms with E-state index in [9.17, 15) is 4.79 Å². The number of hydrogen-bond donors (Lipinski definition) is 1. The summed E-state index contributed by atoms with van der Waals surface area (Å²) in [6.07, 6.45) is 3.68. The molecule has 1 N–H and O–H groups in total. The molecule has 0 saturated heterocycles. The molecule has 0 heterocycles. The minimum atomic E-state index is 0.0916. The maximum absolute atomic E-state index is 11.2. The molecule has 0 unspecified atom stereocenters. The van der Waals surface area contributed by atoms with Crippen LogP contribution in [0.2, 0.25) is 0 Å². The minimum Gasteiger partial charge on any atom is -0.395 e. The zero-order valence-electron chi connectivity index (χ0n) is 10.2. The Bertz CT molecular complexity index is 382. The van der Waals surface area contributed by atoms with Crippen molar-refractivity contribution in [3.63, 3.8) is 0 Å². The molecule has 1 aliphatic rings. The number of rotatable bonds is 5. The Labute approximate surface area is 102 Å². The Hall–Kier alpha value is -1.35.